The number of ether oxygens (including phenoxy) is 2. The molecule has 3 rings (SSSR count). The van der Waals surface area contributed by atoms with Gasteiger partial charge in [0.1, 0.15) is 5.75 Å². The van der Waals surface area contributed by atoms with Crippen molar-refractivity contribution < 1.29 is 27.5 Å². The maximum absolute atomic E-state index is 13.0. The highest BCUT2D eigenvalue weighted by Gasteiger charge is 2.35. The van der Waals surface area contributed by atoms with Crippen molar-refractivity contribution in [1.82, 2.24) is 4.31 Å². The molecule has 0 unspecified atom stereocenters. The highest BCUT2D eigenvalue weighted by atomic mass is 32.2. The number of carbonyl (C=O) groups is 2. The number of esters is 1. The topological polar surface area (TPSA) is 116 Å². The monoisotopic (exact) mass is 432 g/mol. The molecule has 0 radical (unpaired) electrons. The summed E-state index contributed by atoms with van der Waals surface area (Å²) >= 11 is 0. The van der Waals surface area contributed by atoms with Crippen LogP contribution in [0, 0.1) is 5.92 Å². The first kappa shape index (κ1) is 21.8. The maximum atomic E-state index is 13.0. The van der Waals surface area contributed by atoms with Gasteiger partial charge in [0.15, 0.2) is 0 Å². The van der Waals surface area contributed by atoms with Gasteiger partial charge < -0.3 is 15.2 Å². The van der Waals surface area contributed by atoms with Gasteiger partial charge in [0.2, 0.25) is 16.1 Å². The SMILES string of the molecule is COc1ccc(S(=O)(=O)N2CCC[C@@H](C(=O)O[C@@H](C(N)=O)c3ccccc3)C2)cc1. The molecule has 0 bridgehead atoms. The van der Waals surface area contributed by atoms with E-state index in [4.69, 9.17) is 15.2 Å². The number of rotatable bonds is 7. The Bertz CT molecular complexity index is 992. The van der Waals surface area contributed by atoms with Gasteiger partial charge in [0, 0.05) is 18.7 Å². The predicted molar refractivity (Wildman–Crippen MR) is 109 cm³/mol. The van der Waals surface area contributed by atoms with Crippen molar-refractivity contribution in [3.63, 3.8) is 0 Å². The quantitative estimate of drug-likeness (QED) is 0.668. The fraction of sp³-hybridized carbons (Fsp3) is 0.333. The van der Waals surface area contributed by atoms with Crippen LogP contribution in [0.2, 0.25) is 0 Å². The molecule has 0 spiro atoms. The molecule has 1 saturated heterocycles. The summed E-state index contributed by atoms with van der Waals surface area (Å²) in [5.41, 5.74) is 5.88. The Kier molecular flexibility index (Phi) is 6.73. The van der Waals surface area contributed by atoms with E-state index in [0.717, 1.165) is 0 Å². The molecule has 30 heavy (non-hydrogen) atoms. The second-order valence-electron chi connectivity index (χ2n) is 7.01. The van der Waals surface area contributed by atoms with Crippen molar-refractivity contribution in [2.45, 2.75) is 23.8 Å². The third-order valence-corrected chi connectivity index (χ3v) is 6.89. The standard InChI is InChI=1S/C21H24N2O6S/c1-28-17-9-11-18(12-10-17)30(26,27)23-13-5-8-16(14-23)21(25)29-19(20(22)24)15-6-3-2-4-7-15/h2-4,6-7,9-12,16,19H,5,8,13-14H2,1H3,(H2,22,24)/t16-,19-/m1/s1. The summed E-state index contributed by atoms with van der Waals surface area (Å²) in [6.07, 6.45) is -0.248. The third kappa shape index (κ3) is 4.80. The molecule has 1 amide bonds. The first-order valence-corrected chi connectivity index (χ1v) is 11.0. The van der Waals surface area contributed by atoms with Gasteiger partial charge in [-0.1, -0.05) is 30.3 Å². The maximum Gasteiger partial charge on any atom is 0.311 e. The molecule has 2 aromatic carbocycles. The summed E-state index contributed by atoms with van der Waals surface area (Å²) in [5.74, 6) is -1.56. The molecule has 1 fully saturated rings. The number of hydrogen-bond donors (Lipinski definition) is 1. The van der Waals surface area contributed by atoms with Gasteiger partial charge in [-0.05, 0) is 37.1 Å². The number of methoxy groups -OCH3 is 1. The van der Waals surface area contributed by atoms with E-state index >= 15 is 0 Å². The minimum absolute atomic E-state index is 0.0204. The average molecular weight is 432 g/mol. The van der Waals surface area contributed by atoms with E-state index in [9.17, 15) is 18.0 Å². The summed E-state index contributed by atoms with van der Waals surface area (Å²) < 4.78 is 37.6. The zero-order valence-electron chi connectivity index (χ0n) is 16.6. The number of nitrogens with zero attached hydrogens (tertiary/aromatic N) is 1. The lowest BCUT2D eigenvalue weighted by Gasteiger charge is -2.31. The van der Waals surface area contributed by atoms with Crippen LogP contribution >= 0.6 is 0 Å². The van der Waals surface area contributed by atoms with Crippen molar-refractivity contribution in [2.75, 3.05) is 20.2 Å². The van der Waals surface area contributed by atoms with Crippen molar-refractivity contribution in [1.29, 1.82) is 0 Å². The van der Waals surface area contributed by atoms with Crippen LogP contribution in [0.1, 0.15) is 24.5 Å². The van der Waals surface area contributed by atoms with Gasteiger partial charge in [-0.3, -0.25) is 9.59 Å². The number of primary amides is 1. The predicted octanol–water partition coefficient (Wildman–Crippen LogP) is 1.87. The first-order chi connectivity index (χ1) is 14.3. The molecule has 0 saturated carbocycles. The molecule has 0 aliphatic carbocycles. The molecule has 0 aromatic heterocycles. The van der Waals surface area contributed by atoms with Crippen LogP contribution < -0.4 is 10.5 Å². The number of amides is 1. The highest BCUT2D eigenvalue weighted by Crippen LogP contribution is 2.27. The molecular formula is C21H24N2O6S. The average Bonchev–Trinajstić information content (AvgIpc) is 2.77. The summed E-state index contributed by atoms with van der Waals surface area (Å²) in [7, 11) is -2.27. The van der Waals surface area contributed by atoms with Gasteiger partial charge in [-0.25, -0.2) is 8.42 Å². The van der Waals surface area contributed by atoms with E-state index in [0.29, 0.717) is 30.7 Å². The number of carbonyl (C=O) groups excluding carboxylic acids is 2. The molecule has 9 heteroatoms. The van der Waals surface area contributed by atoms with Crippen molar-refractivity contribution in [2.24, 2.45) is 11.7 Å². The van der Waals surface area contributed by atoms with Crippen LogP contribution in [0.5, 0.6) is 5.75 Å². The smallest absolute Gasteiger partial charge is 0.311 e. The van der Waals surface area contributed by atoms with E-state index in [1.165, 1.54) is 23.5 Å². The van der Waals surface area contributed by atoms with Crippen LogP contribution in [-0.2, 0) is 24.3 Å². The fourth-order valence-electron chi connectivity index (χ4n) is 3.38. The minimum atomic E-state index is -3.77. The van der Waals surface area contributed by atoms with Gasteiger partial charge >= 0.3 is 5.97 Å². The molecule has 8 nitrogen and oxygen atoms in total. The van der Waals surface area contributed by atoms with Gasteiger partial charge in [-0.2, -0.15) is 4.31 Å². The Hall–Kier alpha value is -2.91. The molecule has 160 valence electrons. The van der Waals surface area contributed by atoms with Crippen molar-refractivity contribution >= 4 is 21.9 Å². The summed E-state index contributed by atoms with van der Waals surface area (Å²) in [4.78, 5) is 24.6. The number of hydrogen-bond acceptors (Lipinski definition) is 6. The van der Waals surface area contributed by atoms with E-state index in [1.807, 2.05) is 0 Å². The number of benzene rings is 2. The Morgan fingerprint density at radius 2 is 1.77 bits per heavy atom. The largest absolute Gasteiger partial charge is 0.497 e. The number of piperidine rings is 1. The van der Waals surface area contributed by atoms with Gasteiger partial charge in [-0.15, -0.1) is 0 Å². The molecule has 1 heterocycles. The zero-order valence-corrected chi connectivity index (χ0v) is 17.4. The van der Waals surface area contributed by atoms with Crippen molar-refractivity contribution in [3.8, 4) is 5.75 Å². The number of nitrogens with two attached hydrogens (primary N) is 1. The Balaban J connectivity index is 1.73. The second-order valence-corrected chi connectivity index (χ2v) is 8.95. The normalized spacial score (nSPS) is 18.4. The van der Waals surface area contributed by atoms with Gasteiger partial charge in [0.25, 0.3) is 5.91 Å². The summed E-state index contributed by atoms with van der Waals surface area (Å²) in [5, 5.41) is 0. The lowest BCUT2D eigenvalue weighted by atomic mass is 9.99. The van der Waals surface area contributed by atoms with Crippen LogP contribution in [0.25, 0.3) is 0 Å². The number of sulfonamides is 1. The molecule has 2 atom stereocenters. The summed E-state index contributed by atoms with van der Waals surface area (Å²) in [6, 6.07) is 14.6. The zero-order chi connectivity index (χ0) is 21.7. The molecule has 1 aliphatic rings. The Morgan fingerprint density at radius 1 is 1.10 bits per heavy atom. The van der Waals surface area contributed by atoms with Crippen LogP contribution in [0.4, 0.5) is 0 Å². The van der Waals surface area contributed by atoms with Gasteiger partial charge in [0.05, 0.1) is 17.9 Å². The summed E-state index contributed by atoms with van der Waals surface area (Å²) in [6.45, 7) is 0.281. The van der Waals surface area contributed by atoms with Crippen LogP contribution in [-0.4, -0.2) is 44.8 Å². The molecule has 2 N–H and O–H groups in total. The first-order valence-electron chi connectivity index (χ1n) is 9.52. The Labute approximate surface area is 175 Å². The lowest BCUT2D eigenvalue weighted by Crippen LogP contribution is -2.43. The van der Waals surface area contributed by atoms with E-state index in [1.54, 1.807) is 42.5 Å². The van der Waals surface area contributed by atoms with Crippen molar-refractivity contribution in [3.05, 3.63) is 60.2 Å². The van der Waals surface area contributed by atoms with Crippen LogP contribution in [0.15, 0.2) is 59.5 Å². The highest BCUT2D eigenvalue weighted by molar-refractivity contribution is 7.89. The Morgan fingerprint density at radius 3 is 2.37 bits per heavy atom. The molecule has 1 aliphatic heterocycles. The second kappa shape index (κ2) is 9.27. The lowest BCUT2D eigenvalue weighted by molar-refractivity contribution is -0.160. The van der Waals surface area contributed by atoms with Crippen LogP contribution in [0.3, 0.4) is 0 Å². The minimum Gasteiger partial charge on any atom is -0.497 e. The fourth-order valence-corrected chi connectivity index (χ4v) is 4.90. The van der Waals surface area contributed by atoms with E-state index in [2.05, 4.69) is 0 Å². The molecule has 2 aromatic rings. The molecular weight excluding hydrogens is 408 g/mol. The van der Waals surface area contributed by atoms with E-state index in [-0.39, 0.29) is 11.4 Å². The third-order valence-electron chi connectivity index (χ3n) is 5.01. The van der Waals surface area contributed by atoms with E-state index < -0.39 is 33.9 Å².